The second-order valence-electron chi connectivity index (χ2n) is 6.47. The highest BCUT2D eigenvalue weighted by molar-refractivity contribution is 5.82. The van der Waals surface area contributed by atoms with Crippen molar-refractivity contribution in [2.75, 3.05) is 13.1 Å². The number of carbonyl (C=O) groups excluding carboxylic acids is 1. The summed E-state index contributed by atoms with van der Waals surface area (Å²) in [7, 11) is 0. The molecule has 1 unspecified atom stereocenters. The average Bonchev–Trinajstić information content (AvgIpc) is 2.81. The van der Waals surface area contributed by atoms with Crippen LogP contribution in [0.15, 0.2) is 0 Å². The molecule has 1 atom stereocenters. The fraction of sp³-hybridized carbons (Fsp3) is 0.857. The van der Waals surface area contributed by atoms with E-state index in [1.165, 1.54) is 4.90 Å². The SMILES string of the molecule is CC1(C(=O)O)CCN(C(=O)C2CCC(C(F)(F)F)CC2)C1. The lowest BCUT2D eigenvalue weighted by atomic mass is 9.81. The third-order valence-corrected chi connectivity index (χ3v) is 4.84. The normalized spacial score (nSPS) is 34.0. The highest BCUT2D eigenvalue weighted by Crippen LogP contribution is 2.41. The van der Waals surface area contributed by atoms with Crippen molar-refractivity contribution in [2.24, 2.45) is 17.3 Å². The Labute approximate surface area is 121 Å². The van der Waals surface area contributed by atoms with Crippen molar-refractivity contribution in [3.63, 3.8) is 0 Å². The molecule has 21 heavy (non-hydrogen) atoms. The van der Waals surface area contributed by atoms with Crippen molar-refractivity contribution in [3.8, 4) is 0 Å². The van der Waals surface area contributed by atoms with Gasteiger partial charge in [-0.3, -0.25) is 9.59 Å². The number of carboxylic acids is 1. The van der Waals surface area contributed by atoms with Gasteiger partial charge in [0, 0.05) is 19.0 Å². The van der Waals surface area contributed by atoms with Gasteiger partial charge in [0.05, 0.1) is 11.3 Å². The first-order valence-corrected chi connectivity index (χ1v) is 7.22. The summed E-state index contributed by atoms with van der Waals surface area (Å²) >= 11 is 0. The van der Waals surface area contributed by atoms with E-state index in [-0.39, 0.29) is 44.1 Å². The summed E-state index contributed by atoms with van der Waals surface area (Å²) in [6, 6.07) is 0. The van der Waals surface area contributed by atoms with Crippen molar-refractivity contribution in [1.29, 1.82) is 0 Å². The molecule has 1 amide bonds. The van der Waals surface area contributed by atoms with Crippen molar-refractivity contribution >= 4 is 11.9 Å². The van der Waals surface area contributed by atoms with E-state index in [2.05, 4.69) is 0 Å². The predicted molar refractivity (Wildman–Crippen MR) is 68.4 cm³/mol. The van der Waals surface area contributed by atoms with Gasteiger partial charge >= 0.3 is 12.1 Å². The van der Waals surface area contributed by atoms with Gasteiger partial charge in [-0.2, -0.15) is 13.2 Å². The molecule has 0 aromatic heterocycles. The zero-order valence-electron chi connectivity index (χ0n) is 11.9. The van der Waals surface area contributed by atoms with Crippen LogP contribution in [0.25, 0.3) is 0 Å². The van der Waals surface area contributed by atoms with Crippen LogP contribution in [-0.2, 0) is 9.59 Å². The molecule has 1 N–H and O–H groups in total. The Balaban J connectivity index is 1.90. The van der Waals surface area contributed by atoms with E-state index in [0.29, 0.717) is 13.0 Å². The molecule has 1 aliphatic heterocycles. The van der Waals surface area contributed by atoms with Gasteiger partial charge in [0.25, 0.3) is 0 Å². The standard InChI is InChI=1S/C14H20F3NO3/c1-13(12(20)21)6-7-18(8-13)11(19)9-2-4-10(5-3-9)14(15,16)17/h9-10H,2-8H2,1H3,(H,20,21). The molecule has 0 bridgehead atoms. The highest BCUT2D eigenvalue weighted by atomic mass is 19.4. The lowest BCUT2D eigenvalue weighted by molar-refractivity contribution is -0.185. The van der Waals surface area contributed by atoms with Crippen LogP contribution in [0.2, 0.25) is 0 Å². The Morgan fingerprint density at radius 2 is 1.76 bits per heavy atom. The molecule has 120 valence electrons. The van der Waals surface area contributed by atoms with Gasteiger partial charge in [-0.1, -0.05) is 0 Å². The van der Waals surface area contributed by atoms with Crippen LogP contribution in [0.5, 0.6) is 0 Å². The van der Waals surface area contributed by atoms with Crippen LogP contribution >= 0.6 is 0 Å². The Bertz CT molecular complexity index is 430. The maximum atomic E-state index is 12.6. The summed E-state index contributed by atoms with van der Waals surface area (Å²) in [6.45, 7) is 2.13. The molecule has 2 rings (SSSR count). The Hall–Kier alpha value is -1.27. The van der Waals surface area contributed by atoms with E-state index in [1.807, 2.05) is 0 Å². The van der Waals surface area contributed by atoms with E-state index in [9.17, 15) is 22.8 Å². The third kappa shape index (κ3) is 3.32. The minimum absolute atomic E-state index is 0.00998. The fourth-order valence-electron chi connectivity index (χ4n) is 3.25. The van der Waals surface area contributed by atoms with Gasteiger partial charge in [-0.15, -0.1) is 0 Å². The number of likely N-dealkylation sites (tertiary alicyclic amines) is 1. The third-order valence-electron chi connectivity index (χ3n) is 4.84. The Kier molecular flexibility index (Phi) is 4.22. The summed E-state index contributed by atoms with van der Waals surface area (Å²) in [5.41, 5.74) is -0.932. The van der Waals surface area contributed by atoms with E-state index < -0.39 is 23.5 Å². The highest BCUT2D eigenvalue weighted by Gasteiger charge is 2.46. The average molecular weight is 307 g/mol. The molecular weight excluding hydrogens is 287 g/mol. The van der Waals surface area contributed by atoms with Crippen molar-refractivity contribution in [3.05, 3.63) is 0 Å². The molecular formula is C14H20F3NO3. The summed E-state index contributed by atoms with van der Waals surface area (Å²) in [6.07, 6.45) is -3.32. The van der Waals surface area contributed by atoms with Crippen LogP contribution in [0.4, 0.5) is 13.2 Å². The van der Waals surface area contributed by atoms with E-state index in [0.717, 1.165) is 0 Å². The first-order valence-electron chi connectivity index (χ1n) is 7.22. The molecule has 1 heterocycles. The number of carboxylic acid groups (broad SMARTS) is 1. The van der Waals surface area contributed by atoms with Crippen LogP contribution in [-0.4, -0.2) is 41.1 Å². The number of hydrogen-bond donors (Lipinski definition) is 1. The summed E-state index contributed by atoms with van der Waals surface area (Å²) < 4.78 is 37.8. The van der Waals surface area contributed by atoms with Crippen LogP contribution in [0.3, 0.4) is 0 Å². The quantitative estimate of drug-likeness (QED) is 0.853. The Morgan fingerprint density at radius 3 is 2.19 bits per heavy atom. The largest absolute Gasteiger partial charge is 0.481 e. The number of aliphatic carboxylic acids is 1. The zero-order valence-corrected chi connectivity index (χ0v) is 11.9. The van der Waals surface area contributed by atoms with Gasteiger partial charge in [0.1, 0.15) is 0 Å². The molecule has 4 nitrogen and oxygen atoms in total. The molecule has 1 saturated carbocycles. The number of hydrogen-bond acceptors (Lipinski definition) is 2. The molecule has 0 aromatic rings. The van der Waals surface area contributed by atoms with Gasteiger partial charge < -0.3 is 10.0 Å². The number of rotatable bonds is 2. The molecule has 7 heteroatoms. The zero-order chi connectivity index (χ0) is 15.8. The maximum Gasteiger partial charge on any atom is 0.391 e. The number of nitrogens with zero attached hydrogens (tertiary/aromatic N) is 1. The van der Waals surface area contributed by atoms with E-state index in [4.69, 9.17) is 5.11 Å². The minimum atomic E-state index is -4.18. The molecule has 1 saturated heterocycles. The molecule has 0 aromatic carbocycles. The van der Waals surface area contributed by atoms with E-state index >= 15 is 0 Å². The van der Waals surface area contributed by atoms with Gasteiger partial charge in [0.2, 0.25) is 5.91 Å². The van der Waals surface area contributed by atoms with Crippen molar-refractivity contribution < 1.29 is 27.9 Å². The van der Waals surface area contributed by atoms with Gasteiger partial charge in [-0.05, 0) is 39.0 Å². The first-order chi connectivity index (χ1) is 9.63. The molecule has 1 aliphatic carbocycles. The van der Waals surface area contributed by atoms with Crippen LogP contribution in [0, 0.1) is 17.3 Å². The number of carbonyl (C=O) groups is 2. The van der Waals surface area contributed by atoms with Gasteiger partial charge in [-0.25, -0.2) is 0 Å². The topological polar surface area (TPSA) is 57.6 Å². The van der Waals surface area contributed by atoms with E-state index in [1.54, 1.807) is 6.92 Å². The summed E-state index contributed by atoms with van der Waals surface area (Å²) in [5, 5.41) is 9.14. The number of halogens is 3. The van der Waals surface area contributed by atoms with Crippen molar-refractivity contribution in [2.45, 2.75) is 45.2 Å². The van der Waals surface area contributed by atoms with Gasteiger partial charge in [0.15, 0.2) is 0 Å². The minimum Gasteiger partial charge on any atom is -0.481 e. The summed E-state index contributed by atoms with van der Waals surface area (Å²) in [4.78, 5) is 25.0. The van der Waals surface area contributed by atoms with Crippen LogP contribution < -0.4 is 0 Å². The monoisotopic (exact) mass is 307 g/mol. The number of alkyl halides is 3. The second-order valence-corrected chi connectivity index (χ2v) is 6.47. The van der Waals surface area contributed by atoms with Crippen LogP contribution in [0.1, 0.15) is 39.0 Å². The summed E-state index contributed by atoms with van der Waals surface area (Å²) in [5.74, 6) is -2.80. The lowest BCUT2D eigenvalue weighted by Gasteiger charge is -2.31. The maximum absolute atomic E-state index is 12.6. The number of amides is 1. The lowest BCUT2D eigenvalue weighted by Crippen LogP contribution is -2.40. The van der Waals surface area contributed by atoms with Crippen molar-refractivity contribution in [1.82, 2.24) is 4.90 Å². The first kappa shape index (κ1) is 16.1. The molecule has 0 spiro atoms. The Morgan fingerprint density at radius 1 is 1.19 bits per heavy atom. The second kappa shape index (κ2) is 5.50. The smallest absolute Gasteiger partial charge is 0.391 e. The molecule has 2 fully saturated rings. The molecule has 0 radical (unpaired) electrons. The molecule has 2 aliphatic rings. The fourth-order valence-corrected chi connectivity index (χ4v) is 3.25. The predicted octanol–water partition coefficient (Wildman–Crippen LogP) is 2.68.